The van der Waals surface area contributed by atoms with Gasteiger partial charge in [-0.15, -0.1) is 0 Å². The van der Waals surface area contributed by atoms with Gasteiger partial charge in [0.1, 0.15) is 5.75 Å². The SMILES string of the molecule is CCN1c2cc(OC)ccc2C(C#N)C1c1ccc2c(c1)N=CC2. The Morgan fingerprint density at radius 2 is 2.17 bits per heavy atom. The molecule has 0 saturated carbocycles. The van der Waals surface area contributed by atoms with Gasteiger partial charge in [0.05, 0.1) is 30.8 Å². The Kier molecular flexibility index (Phi) is 3.50. The molecular formula is C20H19N3O. The zero-order chi connectivity index (χ0) is 16.7. The Morgan fingerprint density at radius 1 is 1.29 bits per heavy atom. The number of nitriles is 1. The predicted octanol–water partition coefficient (Wildman–Crippen LogP) is 4.14. The van der Waals surface area contributed by atoms with Gasteiger partial charge in [-0.1, -0.05) is 18.2 Å². The number of hydrogen-bond acceptors (Lipinski definition) is 4. The molecule has 0 aliphatic carbocycles. The second-order valence-corrected chi connectivity index (χ2v) is 6.17. The summed E-state index contributed by atoms with van der Waals surface area (Å²) >= 11 is 0. The van der Waals surface area contributed by atoms with Crippen LogP contribution in [0.15, 0.2) is 41.4 Å². The lowest BCUT2D eigenvalue weighted by Crippen LogP contribution is -2.26. The minimum Gasteiger partial charge on any atom is -0.497 e. The standard InChI is InChI=1S/C20H19N3O/c1-3-23-19-11-15(24-2)6-7-16(19)17(12-21)20(23)14-5-4-13-8-9-22-18(13)10-14/h4-7,9-11,17,20H,3,8H2,1-2H3. The van der Waals surface area contributed by atoms with E-state index in [4.69, 9.17) is 4.74 Å². The Morgan fingerprint density at radius 3 is 2.92 bits per heavy atom. The smallest absolute Gasteiger partial charge is 0.120 e. The molecule has 120 valence electrons. The highest BCUT2D eigenvalue weighted by Gasteiger charge is 2.39. The third kappa shape index (κ3) is 2.09. The fraction of sp³-hybridized carbons (Fsp3) is 0.300. The van der Waals surface area contributed by atoms with E-state index in [1.807, 2.05) is 24.4 Å². The molecule has 2 aromatic rings. The highest BCUT2D eigenvalue weighted by molar-refractivity contribution is 5.76. The largest absolute Gasteiger partial charge is 0.497 e. The maximum Gasteiger partial charge on any atom is 0.120 e. The van der Waals surface area contributed by atoms with Gasteiger partial charge in [0.25, 0.3) is 0 Å². The van der Waals surface area contributed by atoms with Crippen LogP contribution < -0.4 is 9.64 Å². The van der Waals surface area contributed by atoms with Crippen molar-refractivity contribution < 1.29 is 4.74 Å². The topological polar surface area (TPSA) is 48.6 Å². The molecule has 4 heteroatoms. The number of hydrogen-bond donors (Lipinski definition) is 0. The maximum atomic E-state index is 9.84. The lowest BCUT2D eigenvalue weighted by molar-refractivity contribution is 0.415. The summed E-state index contributed by atoms with van der Waals surface area (Å²) in [7, 11) is 1.67. The summed E-state index contributed by atoms with van der Waals surface area (Å²) < 4.78 is 5.37. The van der Waals surface area contributed by atoms with Crippen molar-refractivity contribution in [3.05, 3.63) is 53.1 Å². The van der Waals surface area contributed by atoms with Gasteiger partial charge < -0.3 is 9.64 Å². The first kappa shape index (κ1) is 14.8. The molecule has 0 spiro atoms. The van der Waals surface area contributed by atoms with Crippen LogP contribution in [0.4, 0.5) is 11.4 Å². The van der Waals surface area contributed by atoms with Crippen LogP contribution in [0.2, 0.25) is 0 Å². The third-order valence-electron chi connectivity index (χ3n) is 5.01. The predicted molar refractivity (Wildman–Crippen MR) is 95.4 cm³/mol. The van der Waals surface area contributed by atoms with E-state index in [2.05, 4.69) is 41.1 Å². The van der Waals surface area contributed by atoms with E-state index < -0.39 is 0 Å². The van der Waals surface area contributed by atoms with Gasteiger partial charge in [0.15, 0.2) is 0 Å². The van der Waals surface area contributed by atoms with E-state index in [0.717, 1.165) is 41.2 Å². The van der Waals surface area contributed by atoms with Crippen molar-refractivity contribution in [1.82, 2.24) is 0 Å². The van der Waals surface area contributed by atoms with Gasteiger partial charge in [-0.3, -0.25) is 4.99 Å². The monoisotopic (exact) mass is 317 g/mol. The molecule has 2 unspecified atom stereocenters. The average Bonchev–Trinajstić information content (AvgIpc) is 3.21. The first-order valence-electron chi connectivity index (χ1n) is 8.26. The molecule has 2 aliphatic heterocycles. The van der Waals surface area contributed by atoms with Crippen molar-refractivity contribution in [2.45, 2.75) is 25.3 Å². The van der Waals surface area contributed by atoms with Crippen molar-refractivity contribution in [2.24, 2.45) is 4.99 Å². The van der Waals surface area contributed by atoms with Gasteiger partial charge in [0.2, 0.25) is 0 Å². The normalized spacial score (nSPS) is 20.6. The van der Waals surface area contributed by atoms with Crippen LogP contribution in [-0.4, -0.2) is 19.9 Å². The molecule has 0 aromatic heterocycles. The molecule has 4 nitrogen and oxygen atoms in total. The zero-order valence-electron chi connectivity index (χ0n) is 13.9. The molecule has 0 saturated heterocycles. The molecule has 24 heavy (non-hydrogen) atoms. The van der Waals surface area contributed by atoms with Crippen LogP contribution in [-0.2, 0) is 6.42 Å². The number of rotatable bonds is 3. The van der Waals surface area contributed by atoms with Gasteiger partial charge in [-0.2, -0.15) is 5.26 Å². The van der Waals surface area contributed by atoms with Crippen LogP contribution in [0.5, 0.6) is 5.75 Å². The quantitative estimate of drug-likeness (QED) is 0.854. The Bertz CT molecular complexity index is 866. The second-order valence-electron chi connectivity index (χ2n) is 6.17. The highest BCUT2D eigenvalue weighted by Crippen LogP contribution is 2.50. The van der Waals surface area contributed by atoms with Crippen LogP contribution in [0.3, 0.4) is 0 Å². The number of likely N-dealkylation sites (N-methyl/N-ethyl adjacent to an activating group) is 1. The van der Waals surface area contributed by atoms with Crippen molar-refractivity contribution in [3.63, 3.8) is 0 Å². The fourth-order valence-corrected chi connectivity index (χ4v) is 3.84. The fourth-order valence-electron chi connectivity index (χ4n) is 3.84. The first-order valence-corrected chi connectivity index (χ1v) is 8.26. The number of fused-ring (bicyclic) bond motifs is 2. The summed E-state index contributed by atoms with van der Waals surface area (Å²) in [4.78, 5) is 6.76. The number of methoxy groups -OCH3 is 1. The van der Waals surface area contributed by atoms with Gasteiger partial charge in [-0.05, 0) is 35.7 Å². The van der Waals surface area contributed by atoms with E-state index in [9.17, 15) is 5.26 Å². The molecule has 0 N–H and O–H groups in total. The van der Waals surface area contributed by atoms with E-state index in [1.54, 1.807) is 7.11 Å². The summed E-state index contributed by atoms with van der Waals surface area (Å²) in [6.07, 6.45) is 2.85. The number of anilines is 1. The zero-order valence-corrected chi connectivity index (χ0v) is 13.9. The molecule has 0 amide bonds. The van der Waals surface area contributed by atoms with Crippen molar-refractivity contribution in [2.75, 3.05) is 18.6 Å². The number of benzene rings is 2. The minimum atomic E-state index is -0.186. The third-order valence-corrected chi connectivity index (χ3v) is 5.01. The van der Waals surface area contributed by atoms with Crippen LogP contribution in [0.25, 0.3) is 0 Å². The van der Waals surface area contributed by atoms with Crippen molar-refractivity contribution >= 4 is 17.6 Å². The molecular weight excluding hydrogens is 298 g/mol. The number of nitrogens with zero attached hydrogens (tertiary/aromatic N) is 3. The van der Waals surface area contributed by atoms with E-state index in [-0.39, 0.29) is 12.0 Å². The van der Waals surface area contributed by atoms with Gasteiger partial charge in [-0.25, -0.2) is 0 Å². The lowest BCUT2D eigenvalue weighted by Gasteiger charge is -2.28. The molecule has 2 atom stereocenters. The highest BCUT2D eigenvalue weighted by atomic mass is 16.5. The van der Waals surface area contributed by atoms with Gasteiger partial charge >= 0.3 is 0 Å². The van der Waals surface area contributed by atoms with E-state index in [0.29, 0.717) is 0 Å². The first-order chi connectivity index (χ1) is 11.8. The molecule has 2 heterocycles. The number of ether oxygens (including phenoxy) is 1. The summed E-state index contributed by atoms with van der Waals surface area (Å²) in [5, 5.41) is 9.84. The second kappa shape index (κ2) is 5.68. The van der Waals surface area contributed by atoms with E-state index >= 15 is 0 Å². The lowest BCUT2D eigenvalue weighted by atomic mass is 9.90. The Labute approximate surface area is 142 Å². The molecule has 2 aliphatic rings. The van der Waals surface area contributed by atoms with Crippen molar-refractivity contribution in [3.8, 4) is 11.8 Å². The molecule has 0 bridgehead atoms. The number of aliphatic imine (C=N–C) groups is 1. The Hall–Kier alpha value is -2.80. The summed E-state index contributed by atoms with van der Waals surface area (Å²) in [6, 6.07) is 15.0. The van der Waals surface area contributed by atoms with Crippen molar-refractivity contribution in [1.29, 1.82) is 5.26 Å². The molecule has 0 fully saturated rings. The summed E-state index contributed by atoms with van der Waals surface area (Å²) in [5.74, 6) is 0.636. The Balaban J connectivity index is 1.83. The maximum absolute atomic E-state index is 9.84. The van der Waals surface area contributed by atoms with E-state index in [1.165, 1.54) is 5.56 Å². The van der Waals surface area contributed by atoms with Crippen LogP contribution in [0, 0.1) is 11.3 Å². The summed E-state index contributed by atoms with van der Waals surface area (Å²) in [5.41, 5.74) is 5.61. The van der Waals surface area contributed by atoms with Crippen LogP contribution >= 0.6 is 0 Å². The van der Waals surface area contributed by atoms with Gasteiger partial charge in [0, 0.05) is 30.9 Å². The van der Waals surface area contributed by atoms with Crippen LogP contribution in [0.1, 0.15) is 35.6 Å². The molecule has 2 aromatic carbocycles. The molecule has 4 rings (SSSR count). The minimum absolute atomic E-state index is 0.0169. The summed E-state index contributed by atoms with van der Waals surface area (Å²) in [6.45, 7) is 2.96. The average molecular weight is 317 g/mol. The molecule has 0 radical (unpaired) electrons.